The summed E-state index contributed by atoms with van der Waals surface area (Å²) in [5.41, 5.74) is 5.70. The predicted octanol–water partition coefficient (Wildman–Crippen LogP) is 1.96. The van der Waals surface area contributed by atoms with Crippen LogP contribution in [0, 0.1) is 0 Å². The minimum absolute atomic E-state index is 0.214. The zero-order chi connectivity index (χ0) is 11.7. The van der Waals surface area contributed by atoms with Crippen molar-refractivity contribution in [1.29, 1.82) is 0 Å². The fraction of sp³-hybridized carbons (Fsp3) is 0.0909. The maximum absolute atomic E-state index is 11.4. The third-order valence-corrected chi connectivity index (χ3v) is 3.22. The van der Waals surface area contributed by atoms with Crippen LogP contribution < -0.4 is 11.1 Å². The molecule has 0 aliphatic carbocycles. The summed E-state index contributed by atoms with van der Waals surface area (Å²) in [6.07, 6.45) is 0. The Balaban J connectivity index is 2.68. The van der Waals surface area contributed by atoms with Gasteiger partial charge in [-0.25, -0.2) is 0 Å². The van der Waals surface area contributed by atoms with Gasteiger partial charge in [0.15, 0.2) is 0 Å². The number of benzene rings is 1. The van der Waals surface area contributed by atoms with Crippen LogP contribution in [0.15, 0.2) is 24.3 Å². The van der Waals surface area contributed by atoms with E-state index in [1.54, 1.807) is 0 Å². The molecule has 0 aliphatic heterocycles. The molecule has 2 rings (SSSR count). The molecule has 16 heavy (non-hydrogen) atoms. The van der Waals surface area contributed by atoms with Crippen LogP contribution in [0.2, 0.25) is 0 Å². The Hall–Kier alpha value is -1.88. The first kappa shape index (κ1) is 10.6. The molecular weight excluding hydrogens is 224 g/mol. The summed E-state index contributed by atoms with van der Waals surface area (Å²) in [4.78, 5) is 22.4. The molecule has 1 aromatic heterocycles. The lowest BCUT2D eigenvalue weighted by Gasteiger charge is -2.00. The van der Waals surface area contributed by atoms with Gasteiger partial charge in [0, 0.05) is 17.0 Å². The molecule has 0 unspecified atom stereocenters. The number of anilines is 1. The SMILES string of the molecule is CC(=O)Nc1sc2ccccc2c1C(N)=O. The molecule has 0 radical (unpaired) electrons. The smallest absolute Gasteiger partial charge is 0.252 e. The summed E-state index contributed by atoms with van der Waals surface area (Å²) in [5.74, 6) is -0.741. The Morgan fingerprint density at radius 2 is 2.00 bits per heavy atom. The topological polar surface area (TPSA) is 72.2 Å². The van der Waals surface area contributed by atoms with Crippen LogP contribution in [0.5, 0.6) is 0 Å². The van der Waals surface area contributed by atoms with Gasteiger partial charge in [-0.15, -0.1) is 11.3 Å². The number of fused-ring (bicyclic) bond motifs is 1. The molecule has 5 heteroatoms. The Kier molecular flexibility index (Phi) is 2.62. The molecule has 0 spiro atoms. The van der Waals surface area contributed by atoms with Crippen LogP contribution in [0.3, 0.4) is 0 Å². The van der Waals surface area contributed by atoms with Gasteiger partial charge in [0.05, 0.1) is 5.56 Å². The highest BCUT2D eigenvalue weighted by atomic mass is 32.1. The molecule has 0 atom stereocenters. The van der Waals surface area contributed by atoms with Crippen molar-refractivity contribution in [2.24, 2.45) is 5.73 Å². The van der Waals surface area contributed by atoms with E-state index in [0.717, 1.165) is 10.1 Å². The summed E-state index contributed by atoms with van der Waals surface area (Å²) in [6, 6.07) is 7.41. The third kappa shape index (κ3) is 1.77. The summed E-state index contributed by atoms with van der Waals surface area (Å²) < 4.78 is 0.931. The van der Waals surface area contributed by atoms with Crippen LogP contribution in [-0.4, -0.2) is 11.8 Å². The molecule has 0 fully saturated rings. The second-order valence-corrected chi connectivity index (χ2v) is 4.40. The van der Waals surface area contributed by atoms with Gasteiger partial charge in [0.25, 0.3) is 5.91 Å². The minimum Gasteiger partial charge on any atom is -0.365 e. The number of thiophene rings is 1. The molecule has 1 heterocycles. The van der Waals surface area contributed by atoms with Crippen LogP contribution in [0.1, 0.15) is 17.3 Å². The van der Waals surface area contributed by atoms with Gasteiger partial charge in [-0.3, -0.25) is 9.59 Å². The van der Waals surface area contributed by atoms with Crippen LogP contribution >= 0.6 is 11.3 Å². The number of nitrogens with two attached hydrogens (primary N) is 1. The fourth-order valence-corrected chi connectivity index (χ4v) is 2.69. The number of rotatable bonds is 2. The Bertz CT molecular complexity index is 574. The standard InChI is InChI=1S/C11H10N2O2S/c1-6(14)13-11-9(10(12)15)7-4-2-3-5-8(7)16-11/h2-5H,1H3,(H2,12,15)(H,13,14). The molecule has 2 amide bonds. The molecule has 4 nitrogen and oxygen atoms in total. The van der Waals surface area contributed by atoms with Crippen LogP contribution in [0.4, 0.5) is 5.00 Å². The van der Waals surface area contributed by atoms with E-state index in [4.69, 9.17) is 5.73 Å². The van der Waals surface area contributed by atoms with Gasteiger partial charge in [0.2, 0.25) is 5.91 Å². The Morgan fingerprint density at radius 1 is 1.31 bits per heavy atom. The van der Waals surface area contributed by atoms with Crippen molar-refractivity contribution >= 4 is 38.2 Å². The summed E-state index contributed by atoms with van der Waals surface area (Å²) in [5, 5.41) is 3.92. The lowest BCUT2D eigenvalue weighted by molar-refractivity contribution is -0.114. The van der Waals surface area contributed by atoms with Crippen molar-refractivity contribution in [3.05, 3.63) is 29.8 Å². The highest BCUT2D eigenvalue weighted by molar-refractivity contribution is 7.23. The largest absolute Gasteiger partial charge is 0.365 e. The van der Waals surface area contributed by atoms with E-state index in [0.29, 0.717) is 10.6 Å². The Labute approximate surface area is 96.1 Å². The van der Waals surface area contributed by atoms with E-state index in [2.05, 4.69) is 5.32 Å². The molecule has 0 aliphatic rings. The molecule has 1 aromatic carbocycles. The van der Waals surface area contributed by atoms with Gasteiger partial charge in [-0.05, 0) is 6.07 Å². The van der Waals surface area contributed by atoms with Gasteiger partial charge in [0.1, 0.15) is 5.00 Å². The van der Waals surface area contributed by atoms with Crippen molar-refractivity contribution in [3.8, 4) is 0 Å². The van der Waals surface area contributed by atoms with Gasteiger partial charge >= 0.3 is 0 Å². The van der Waals surface area contributed by atoms with Crippen molar-refractivity contribution in [2.75, 3.05) is 5.32 Å². The maximum atomic E-state index is 11.4. The lowest BCUT2D eigenvalue weighted by atomic mass is 10.1. The monoisotopic (exact) mass is 234 g/mol. The quantitative estimate of drug-likeness (QED) is 0.833. The van der Waals surface area contributed by atoms with Crippen LogP contribution in [-0.2, 0) is 4.79 Å². The molecule has 3 N–H and O–H groups in total. The van der Waals surface area contributed by atoms with E-state index in [-0.39, 0.29) is 5.91 Å². The number of hydrogen-bond donors (Lipinski definition) is 2. The number of carbonyl (C=O) groups is 2. The van der Waals surface area contributed by atoms with Crippen molar-refractivity contribution < 1.29 is 9.59 Å². The van der Waals surface area contributed by atoms with E-state index in [1.807, 2.05) is 24.3 Å². The first-order valence-electron chi connectivity index (χ1n) is 4.68. The van der Waals surface area contributed by atoms with E-state index in [9.17, 15) is 9.59 Å². The highest BCUT2D eigenvalue weighted by Crippen LogP contribution is 2.35. The Morgan fingerprint density at radius 3 is 2.62 bits per heavy atom. The van der Waals surface area contributed by atoms with E-state index in [1.165, 1.54) is 18.3 Å². The first-order valence-corrected chi connectivity index (χ1v) is 5.50. The average Bonchev–Trinajstić information content (AvgIpc) is 2.53. The van der Waals surface area contributed by atoms with E-state index >= 15 is 0 Å². The maximum Gasteiger partial charge on any atom is 0.252 e. The zero-order valence-electron chi connectivity index (χ0n) is 8.61. The number of carbonyl (C=O) groups excluding carboxylic acids is 2. The van der Waals surface area contributed by atoms with Gasteiger partial charge in [-0.2, -0.15) is 0 Å². The molecule has 0 saturated heterocycles. The number of primary amides is 1. The second kappa shape index (κ2) is 3.94. The number of hydrogen-bond acceptors (Lipinski definition) is 3. The fourth-order valence-electron chi connectivity index (χ4n) is 1.54. The molecule has 2 aromatic rings. The molecule has 82 valence electrons. The minimum atomic E-state index is -0.527. The third-order valence-electron chi connectivity index (χ3n) is 2.13. The lowest BCUT2D eigenvalue weighted by Crippen LogP contribution is -2.14. The molecule has 0 bridgehead atoms. The molecular formula is C11H10N2O2S. The first-order chi connectivity index (χ1) is 7.59. The summed E-state index contributed by atoms with van der Waals surface area (Å²) in [6.45, 7) is 1.40. The van der Waals surface area contributed by atoms with E-state index < -0.39 is 5.91 Å². The average molecular weight is 234 g/mol. The second-order valence-electron chi connectivity index (χ2n) is 3.35. The molecule has 0 saturated carbocycles. The van der Waals surface area contributed by atoms with Crippen molar-refractivity contribution in [2.45, 2.75) is 6.92 Å². The van der Waals surface area contributed by atoms with Crippen molar-refractivity contribution in [1.82, 2.24) is 0 Å². The number of nitrogens with one attached hydrogen (secondary N) is 1. The van der Waals surface area contributed by atoms with Crippen LogP contribution in [0.25, 0.3) is 10.1 Å². The predicted molar refractivity (Wildman–Crippen MR) is 64.6 cm³/mol. The van der Waals surface area contributed by atoms with Gasteiger partial charge in [-0.1, -0.05) is 18.2 Å². The van der Waals surface area contributed by atoms with Crippen molar-refractivity contribution in [3.63, 3.8) is 0 Å². The summed E-state index contributed by atoms with van der Waals surface area (Å²) in [7, 11) is 0. The highest BCUT2D eigenvalue weighted by Gasteiger charge is 2.16. The van der Waals surface area contributed by atoms with Gasteiger partial charge < -0.3 is 11.1 Å². The summed E-state index contributed by atoms with van der Waals surface area (Å²) >= 11 is 1.35. The normalized spacial score (nSPS) is 10.3. The number of amides is 2. The zero-order valence-corrected chi connectivity index (χ0v) is 9.43.